The van der Waals surface area contributed by atoms with Crippen molar-refractivity contribution in [2.75, 3.05) is 14.2 Å². The van der Waals surface area contributed by atoms with E-state index in [4.69, 9.17) is 9.47 Å². The normalized spacial score (nSPS) is 9.90. The summed E-state index contributed by atoms with van der Waals surface area (Å²) in [7, 11) is 3.10. The second-order valence-corrected chi connectivity index (χ2v) is 4.69. The number of carbonyl (C=O) groups is 1. The van der Waals surface area contributed by atoms with Crippen molar-refractivity contribution in [2.45, 2.75) is 39.5 Å². The maximum atomic E-state index is 12.1. The van der Waals surface area contributed by atoms with Crippen LogP contribution in [0, 0.1) is 0 Å². The second-order valence-electron chi connectivity index (χ2n) is 4.69. The molecule has 0 fully saturated rings. The Bertz CT molecular complexity index is 490. The van der Waals surface area contributed by atoms with Gasteiger partial charge < -0.3 is 9.47 Å². The summed E-state index contributed by atoms with van der Waals surface area (Å²) in [6.45, 7) is 4.20. The molecule has 0 saturated heterocycles. The van der Waals surface area contributed by atoms with E-state index in [1.165, 1.54) is 7.11 Å². The van der Waals surface area contributed by atoms with Crippen LogP contribution in [0.1, 0.15) is 49.9 Å². The molecule has 1 N–H and O–H groups in total. The third-order valence-corrected chi connectivity index (χ3v) is 3.04. The Hall–Kier alpha value is -2.04. The summed E-state index contributed by atoms with van der Waals surface area (Å²) < 4.78 is 10.3. The van der Waals surface area contributed by atoms with Gasteiger partial charge in [0.25, 0.3) is 5.91 Å². The first-order chi connectivity index (χ1) is 10.2. The highest BCUT2D eigenvalue weighted by atomic mass is 16.5. The molecule has 0 atom stereocenters. The number of carbonyl (C=O) groups excluding carboxylic acids is 1. The summed E-state index contributed by atoms with van der Waals surface area (Å²) in [4.78, 5) is 12.1. The van der Waals surface area contributed by atoms with Crippen LogP contribution in [-0.2, 0) is 0 Å². The summed E-state index contributed by atoms with van der Waals surface area (Å²) in [5.74, 6) is 0.868. The lowest BCUT2D eigenvalue weighted by atomic mass is 10.1. The van der Waals surface area contributed by atoms with Crippen molar-refractivity contribution in [1.29, 1.82) is 0 Å². The Morgan fingerprint density at radius 3 is 2.24 bits per heavy atom. The van der Waals surface area contributed by atoms with E-state index in [2.05, 4.69) is 24.4 Å². The molecule has 0 spiro atoms. The highest BCUT2D eigenvalue weighted by molar-refractivity contribution is 5.96. The summed E-state index contributed by atoms with van der Waals surface area (Å²) in [6.07, 6.45) is 3.84. The Labute approximate surface area is 126 Å². The topological polar surface area (TPSA) is 59.9 Å². The van der Waals surface area contributed by atoms with Gasteiger partial charge in [0.2, 0.25) is 0 Å². The van der Waals surface area contributed by atoms with E-state index >= 15 is 0 Å². The molecule has 0 bridgehead atoms. The van der Waals surface area contributed by atoms with Gasteiger partial charge in [0.05, 0.1) is 14.2 Å². The summed E-state index contributed by atoms with van der Waals surface area (Å²) >= 11 is 0. The Morgan fingerprint density at radius 2 is 1.71 bits per heavy atom. The number of hydrazone groups is 1. The van der Waals surface area contributed by atoms with Crippen LogP contribution in [0.4, 0.5) is 0 Å². The minimum absolute atomic E-state index is 0.249. The van der Waals surface area contributed by atoms with E-state index in [9.17, 15) is 4.79 Å². The third-order valence-electron chi connectivity index (χ3n) is 3.04. The molecule has 0 aliphatic rings. The van der Waals surface area contributed by atoms with Gasteiger partial charge in [-0.05, 0) is 31.0 Å². The molecule has 0 heterocycles. The fraction of sp³-hybridized carbons (Fsp3) is 0.500. The van der Waals surface area contributed by atoms with Crippen molar-refractivity contribution in [2.24, 2.45) is 5.10 Å². The van der Waals surface area contributed by atoms with Crippen LogP contribution in [0.3, 0.4) is 0 Å². The highest BCUT2D eigenvalue weighted by Crippen LogP contribution is 2.27. The van der Waals surface area contributed by atoms with Gasteiger partial charge in [0.1, 0.15) is 0 Å². The first-order valence-corrected chi connectivity index (χ1v) is 7.24. The monoisotopic (exact) mass is 292 g/mol. The van der Waals surface area contributed by atoms with Gasteiger partial charge in [-0.3, -0.25) is 4.79 Å². The van der Waals surface area contributed by atoms with Gasteiger partial charge in [-0.2, -0.15) is 5.10 Å². The lowest BCUT2D eigenvalue weighted by molar-refractivity contribution is 0.0954. The van der Waals surface area contributed by atoms with Crippen molar-refractivity contribution in [3.8, 4) is 11.5 Å². The van der Waals surface area contributed by atoms with Gasteiger partial charge in [0, 0.05) is 11.3 Å². The van der Waals surface area contributed by atoms with E-state index in [1.807, 2.05) is 0 Å². The predicted molar refractivity (Wildman–Crippen MR) is 84.3 cm³/mol. The maximum Gasteiger partial charge on any atom is 0.271 e. The summed E-state index contributed by atoms with van der Waals surface area (Å²) in [5, 5.41) is 4.22. The van der Waals surface area contributed by atoms with Crippen molar-refractivity contribution in [3.05, 3.63) is 23.8 Å². The second kappa shape index (κ2) is 9.00. The van der Waals surface area contributed by atoms with Crippen molar-refractivity contribution in [1.82, 2.24) is 5.43 Å². The molecule has 5 nitrogen and oxygen atoms in total. The third kappa shape index (κ3) is 5.10. The zero-order valence-electron chi connectivity index (χ0n) is 13.2. The van der Waals surface area contributed by atoms with E-state index in [0.717, 1.165) is 31.4 Å². The Morgan fingerprint density at radius 1 is 1.10 bits per heavy atom. The highest BCUT2D eigenvalue weighted by Gasteiger charge is 2.10. The van der Waals surface area contributed by atoms with Gasteiger partial charge in [-0.25, -0.2) is 5.43 Å². The first-order valence-electron chi connectivity index (χ1n) is 7.24. The van der Waals surface area contributed by atoms with Crippen molar-refractivity contribution < 1.29 is 14.3 Å². The molecule has 21 heavy (non-hydrogen) atoms. The average molecular weight is 292 g/mol. The summed E-state index contributed by atoms with van der Waals surface area (Å²) in [6, 6.07) is 5.03. The number of benzene rings is 1. The van der Waals surface area contributed by atoms with Gasteiger partial charge >= 0.3 is 0 Å². The molecular weight excluding hydrogens is 268 g/mol. The van der Waals surface area contributed by atoms with E-state index in [0.29, 0.717) is 17.1 Å². The molecule has 0 saturated carbocycles. The number of nitrogens with zero attached hydrogens (tertiary/aromatic N) is 1. The SMILES string of the molecule is CCCC(CCC)=NNC(=O)c1ccc(OC)c(OC)c1. The average Bonchev–Trinajstić information content (AvgIpc) is 2.52. The van der Waals surface area contributed by atoms with Crippen LogP contribution in [0.5, 0.6) is 11.5 Å². The maximum absolute atomic E-state index is 12.1. The van der Waals surface area contributed by atoms with Gasteiger partial charge in [-0.15, -0.1) is 0 Å². The molecule has 1 amide bonds. The standard InChI is InChI=1S/C16H24N2O3/c1-5-7-13(8-6-2)17-18-16(19)12-9-10-14(20-3)15(11-12)21-4/h9-11H,5-8H2,1-4H3,(H,18,19). The number of hydrogen-bond donors (Lipinski definition) is 1. The molecule has 0 aromatic heterocycles. The Kier molecular flexibility index (Phi) is 7.29. The van der Waals surface area contributed by atoms with Crippen molar-refractivity contribution >= 4 is 11.6 Å². The van der Waals surface area contributed by atoms with Crippen LogP contribution in [0.2, 0.25) is 0 Å². The smallest absolute Gasteiger partial charge is 0.271 e. The van der Waals surface area contributed by atoms with Crippen LogP contribution in [-0.4, -0.2) is 25.8 Å². The predicted octanol–water partition coefficient (Wildman–Crippen LogP) is 3.39. The molecule has 0 unspecified atom stereocenters. The quantitative estimate of drug-likeness (QED) is 0.590. The van der Waals surface area contributed by atoms with E-state index < -0.39 is 0 Å². The number of methoxy groups -OCH3 is 2. The molecule has 0 aliphatic heterocycles. The molecule has 5 heteroatoms. The van der Waals surface area contributed by atoms with E-state index in [-0.39, 0.29) is 5.91 Å². The largest absolute Gasteiger partial charge is 0.493 e. The van der Waals surface area contributed by atoms with Gasteiger partial charge in [0.15, 0.2) is 11.5 Å². The fourth-order valence-corrected chi connectivity index (χ4v) is 1.99. The minimum atomic E-state index is -0.249. The molecular formula is C16H24N2O3. The molecule has 1 rings (SSSR count). The molecule has 0 aliphatic carbocycles. The van der Waals surface area contributed by atoms with Crippen molar-refractivity contribution in [3.63, 3.8) is 0 Å². The molecule has 116 valence electrons. The van der Waals surface area contributed by atoms with Crippen LogP contribution >= 0.6 is 0 Å². The number of amides is 1. The molecule has 1 aromatic rings. The van der Waals surface area contributed by atoms with Crippen LogP contribution in [0.25, 0.3) is 0 Å². The first kappa shape index (κ1) is 17.0. The zero-order chi connectivity index (χ0) is 15.7. The van der Waals surface area contributed by atoms with Crippen LogP contribution < -0.4 is 14.9 Å². The zero-order valence-corrected chi connectivity index (χ0v) is 13.2. The Balaban J connectivity index is 2.81. The number of hydrogen-bond acceptors (Lipinski definition) is 4. The van der Waals surface area contributed by atoms with Gasteiger partial charge in [-0.1, -0.05) is 26.7 Å². The molecule has 1 aromatic carbocycles. The minimum Gasteiger partial charge on any atom is -0.493 e. The number of rotatable bonds is 8. The molecule has 0 radical (unpaired) electrons. The number of nitrogens with one attached hydrogen (secondary N) is 1. The number of ether oxygens (including phenoxy) is 2. The lowest BCUT2D eigenvalue weighted by Gasteiger charge is -2.09. The van der Waals surface area contributed by atoms with Crippen LogP contribution in [0.15, 0.2) is 23.3 Å². The van der Waals surface area contributed by atoms with E-state index in [1.54, 1.807) is 25.3 Å². The fourth-order valence-electron chi connectivity index (χ4n) is 1.99. The summed E-state index contributed by atoms with van der Waals surface area (Å²) in [5.41, 5.74) is 4.12. The lowest BCUT2D eigenvalue weighted by Crippen LogP contribution is -2.19.